The molecule has 6 nitrogen and oxygen atoms in total. The van der Waals surface area contributed by atoms with Crippen LogP contribution in [-0.2, 0) is 19.1 Å². The predicted molar refractivity (Wildman–Crippen MR) is 175 cm³/mol. The summed E-state index contributed by atoms with van der Waals surface area (Å²) in [6.45, 7) is 18.8. The van der Waals surface area contributed by atoms with Crippen LogP contribution in [0.3, 0.4) is 0 Å². The summed E-state index contributed by atoms with van der Waals surface area (Å²) in [6, 6.07) is 0.732. The molecule has 0 N–H and O–H groups in total. The maximum atomic E-state index is 13.2. The van der Waals surface area contributed by atoms with Crippen molar-refractivity contribution in [1.82, 2.24) is 4.90 Å². The maximum absolute atomic E-state index is 13.2. The standard InChI is InChI=1S/C38H63N2O4/c1-6-14-35(42)44-36-33(40(21-7-2)22-12-9-13-23-40)25-31-29-16-15-28-24-34(43-27(3)41)32(39-19-10-8-11-20-39)26-38(28,5)30(29)17-18-37(31,36)4/h7,28-34,36H,2,6,8-26H2,1,3-5H3/q+1/t28-,29+,30-,31-,32-,33-,34-,36-,37-,38-/m0/s1. The second-order valence-corrected chi connectivity index (χ2v) is 16.6. The predicted octanol–water partition coefficient (Wildman–Crippen LogP) is 7.30. The van der Waals surface area contributed by atoms with Gasteiger partial charge in [0.15, 0.2) is 6.10 Å². The molecule has 6 rings (SSSR count). The van der Waals surface area contributed by atoms with E-state index in [1.54, 1.807) is 6.92 Å². The number of esters is 2. The number of carbonyl (C=O) groups excluding carboxylic acids is 2. The number of nitrogens with zero attached hydrogens (tertiary/aromatic N) is 2. The second-order valence-electron chi connectivity index (χ2n) is 16.6. The van der Waals surface area contributed by atoms with Crippen LogP contribution >= 0.6 is 0 Å². The highest BCUT2D eigenvalue weighted by Crippen LogP contribution is 2.68. The van der Waals surface area contributed by atoms with Crippen LogP contribution in [0, 0.1) is 34.5 Å². The van der Waals surface area contributed by atoms with Crippen LogP contribution in [0.1, 0.15) is 124 Å². The van der Waals surface area contributed by atoms with E-state index in [4.69, 9.17) is 9.47 Å². The van der Waals surface area contributed by atoms with Gasteiger partial charge >= 0.3 is 11.9 Å². The monoisotopic (exact) mass is 611 g/mol. The molecule has 0 bridgehead atoms. The van der Waals surface area contributed by atoms with E-state index in [2.05, 4.69) is 38.3 Å². The Bertz CT molecular complexity index is 1050. The highest BCUT2D eigenvalue weighted by atomic mass is 16.5. The number of hydrogen-bond donors (Lipinski definition) is 0. The molecule has 4 aliphatic carbocycles. The van der Waals surface area contributed by atoms with Gasteiger partial charge in [0.1, 0.15) is 12.1 Å². The van der Waals surface area contributed by atoms with E-state index in [1.165, 1.54) is 77.3 Å². The van der Waals surface area contributed by atoms with E-state index in [1.807, 2.05) is 0 Å². The van der Waals surface area contributed by atoms with Crippen molar-refractivity contribution < 1.29 is 23.5 Å². The van der Waals surface area contributed by atoms with E-state index in [0.717, 1.165) is 49.8 Å². The van der Waals surface area contributed by atoms with E-state index < -0.39 is 0 Å². The number of likely N-dealkylation sites (tertiary alicyclic amines) is 2. The van der Waals surface area contributed by atoms with Gasteiger partial charge in [-0.2, -0.15) is 0 Å². The van der Waals surface area contributed by atoms with Gasteiger partial charge in [-0.15, -0.1) is 0 Å². The summed E-state index contributed by atoms with van der Waals surface area (Å²) in [5, 5.41) is 0. The number of fused-ring (bicyclic) bond motifs is 5. The number of ether oxygens (including phenoxy) is 2. The van der Waals surface area contributed by atoms with Crippen molar-refractivity contribution in [1.29, 1.82) is 0 Å². The Morgan fingerprint density at radius 3 is 2.34 bits per heavy atom. The van der Waals surface area contributed by atoms with E-state index in [-0.39, 0.29) is 35.0 Å². The van der Waals surface area contributed by atoms with Crippen molar-refractivity contribution in [3.63, 3.8) is 0 Å². The summed E-state index contributed by atoms with van der Waals surface area (Å²) in [5.74, 6) is 2.51. The molecule has 4 saturated carbocycles. The molecule has 0 aromatic carbocycles. The first-order chi connectivity index (χ1) is 21.1. The molecule has 0 aromatic rings. The van der Waals surface area contributed by atoms with E-state index >= 15 is 0 Å². The summed E-state index contributed by atoms with van der Waals surface area (Å²) in [7, 11) is 0. The maximum Gasteiger partial charge on any atom is 0.306 e. The summed E-state index contributed by atoms with van der Waals surface area (Å²) in [6.07, 6.45) is 19.6. The second kappa shape index (κ2) is 13.0. The van der Waals surface area contributed by atoms with Gasteiger partial charge in [-0.1, -0.05) is 33.8 Å². The van der Waals surface area contributed by atoms with Gasteiger partial charge in [-0.3, -0.25) is 14.5 Å². The number of rotatable bonds is 8. The average molecular weight is 612 g/mol. The Labute approximate surface area is 268 Å². The Hall–Kier alpha value is -1.40. The molecule has 6 aliphatic rings. The normalized spacial score (nSPS) is 43.6. The number of quaternary nitrogens is 1. The van der Waals surface area contributed by atoms with Crippen molar-refractivity contribution in [2.24, 2.45) is 34.5 Å². The molecule has 2 saturated heterocycles. The first kappa shape index (κ1) is 32.5. The number of piperidine rings is 2. The lowest BCUT2D eigenvalue weighted by molar-refractivity contribution is -0.952. The van der Waals surface area contributed by atoms with Crippen LogP contribution in [0.15, 0.2) is 12.7 Å². The third-order valence-electron chi connectivity index (χ3n) is 14.4. The first-order valence-electron chi connectivity index (χ1n) is 18.7. The largest absolute Gasteiger partial charge is 0.461 e. The third kappa shape index (κ3) is 5.71. The zero-order valence-corrected chi connectivity index (χ0v) is 28.6. The molecule has 0 aromatic heterocycles. The van der Waals surface area contributed by atoms with Crippen molar-refractivity contribution in [3.05, 3.63) is 12.7 Å². The van der Waals surface area contributed by atoms with Gasteiger partial charge in [0.05, 0.1) is 19.6 Å². The third-order valence-corrected chi connectivity index (χ3v) is 14.4. The first-order valence-corrected chi connectivity index (χ1v) is 18.7. The zero-order valence-electron chi connectivity index (χ0n) is 28.6. The molecule has 6 fully saturated rings. The van der Waals surface area contributed by atoms with Gasteiger partial charge in [-0.25, -0.2) is 0 Å². The molecule has 248 valence electrons. The van der Waals surface area contributed by atoms with Crippen molar-refractivity contribution in [2.45, 2.75) is 148 Å². The van der Waals surface area contributed by atoms with Crippen LogP contribution in [-0.4, -0.2) is 78.3 Å². The van der Waals surface area contributed by atoms with Crippen LogP contribution in [0.2, 0.25) is 0 Å². The fraction of sp³-hybridized carbons (Fsp3) is 0.895. The molecule has 2 aliphatic heterocycles. The molecule has 6 heteroatoms. The molecule has 44 heavy (non-hydrogen) atoms. The minimum absolute atomic E-state index is 0.0110. The molecule has 10 atom stereocenters. The molecule has 0 radical (unpaired) electrons. The zero-order chi connectivity index (χ0) is 31.1. The average Bonchev–Trinajstić information content (AvgIpc) is 3.30. The lowest BCUT2D eigenvalue weighted by Gasteiger charge is -2.62. The fourth-order valence-corrected chi connectivity index (χ4v) is 12.4. The van der Waals surface area contributed by atoms with Crippen LogP contribution in [0.5, 0.6) is 0 Å². The lowest BCUT2D eigenvalue weighted by Crippen LogP contribution is -2.63. The minimum Gasteiger partial charge on any atom is -0.461 e. The molecule has 0 spiro atoms. The highest BCUT2D eigenvalue weighted by molar-refractivity contribution is 5.69. The van der Waals surface area contributed by atoms with E-state index in [9.17, 15) is 9.59 Å². The smallest absolute Gasteiger partial charge is 0.306 e. The Kier molecular flexibility index (Phi) is 9.62. The Morgan fingerprint density at radius 2 is 1.66 bits per heavy atom. The quantitative estimate of drug-likeness (QED) is 0.164. The van der Waals surface area contributed by atoms with Crippen molar-refractivity contribution in [2.75, 3.05) is 32.7 Å². The van der Waals surface area contributed by atoms with Gasteiger partial charge in [-0.05, 0) is 125 Å². The summed E-state index contributed by atoms with van der Waals surface area (Å²) in [5.41, 5.74) is 0.317. The van der Waals surface area contributed by atoms with Crippen molar-refractivity contribution >= 4 is 11.9 Å². The van der Waals surface area contributed by atoms with Crippen LogP contribution in [0.25, 0.3) is 0 Å². The summed E-state index contributed by atoms with van der Waals surface area (Å²) in [4.78, 5) is 28.2. The van der Waals surface area contributed by atoms with Gasteiger partial charge in [0.25, 0.3) is 0 Å². The van der Waals surface area contributed by atoms with E-state index in [0.29, 0.717) is 42.2 Å². The van der Waals surface area contributed by atoms with Gasteiger partial charge in [0.2, 0.25) is 0 Å². The Balaban J connectivity index is 1.31. The van der Waals surface area contributed by atoms with Crippen molar-refractivity contribution in [3.8, 4) is 0 Å². The Morgan fingerprint density at radius 1 is 0.932 bits per heavy atom. The van der Waals surface area contributed by atoms with Crippen LogP contribution < -0.4 is 0 Å². The van der Waals surface area contributed by atoms with Crippen LogP contribution in [0.4, 0.5) is 0 Å². The summed E-state index contributed by atoms with van der Waals surface area (Å²) >= 11 is 0. The van der Waals surface area contributed by atoms with Gasteiger partial charge < -0.3 is 14.0 Å². The lowest BCUT2D eigenvalue weighted by atomic mass is 9.44. The topological polar surface area (TPSA) is 55.8 Å². The number of hydrogen-bond acceptors (Lipinski definition) is 5. The van der Waals surface area contributed by atoms with Gasteiger partial charge in [0, 0.05) is 31.2 Å². The minimum atomic E-state index is -0.113. The highest BCUT2D eigenvalue weighted by Gasteiger charge is 2.67. The molecule has 0 unspecified atom stereocenters. The molecular weight excluding hydrogens is 548 g/mol. The molecular formula is C38H63N2O4+. The number of carbonyl (C=O) groups is 2. The fourth-order valence-electron chi connectivity index (χ4n) is 12.4. The molecule has 2 heterocycles. The SMILES string of the molecule is C=CC[N+]1([C@H]2C[C@H]3[C@@H]4CC[C@H]5C[C@H](OC(C)=O)[C@@H](N6CCCCC6)C[C@]5(C)[C@H]4CC[C@]3(C)[C@H]2OC(=O)CCC)CCCCC1. The molecule has 0 amide bonds. The summed E-state index contributed by atoms with van der Waals surface area (Å²) < 4.78 is 13.9.